The van der Waals surface area contributed by atoms with Crippen molar-refractivity contribution >= 4 is 28.9 Å². The molecule has 0 saturated carbocycles. The fourth-order valence-corrected chi connectivity index (χ4v) is 2.55. The summed E-state index contributed by atoms with van der Waals surface area (Å²) in [4.78, 5) is 37.9. The lowest BCUT2D eigenvalue weighted by molar-refractivity contribution is 0.0607. The van der Waals surface area contributed by atoms with E-state index in [0.29, 0.717) is 10.6 Å². The number of pyridine rings is 1. The Morgan fingerprint density at radius 2 is 2.15 bits per heavy atom. The molecule has 0 spiro atoms. The molecule has 6 nitrogen and oxygen atoms in total. The molecule has 0 atom stereocenters. The van der Waals surface area contributed by atoms with E-state index in [1.165, 1.54) is 30.7 Å². The molecule has 0 aromatic carbocycles. The first-order valence-corrected chi connectivity index (χ1v) is 6.58. The molecular weight excluding hydrogens is 280 g/mol. The summed E-state index contributed by atoms with van der Waals surface area (Å²) in [5.41, 5.74) is 0.595. The fraction of sp³-hybridized carbons (Fsp3) is 0.154. The van der Waals surface area contributed by atoms with Crippen molar-refractivity contribution in [3.63, 3.8) is 0 Å². The van der Waals surface area contributed by atoms with Crippen LogP contribution in [0, 0.1) is 6.92 Å². The molecular formula is C13H12N2O4S. The number of hydrogen-bond donors (Lipinski definition) is 2. The first kappa shape index (κ1) is 14.0. The van der Waals surface area contributed by atoms with Crippen LogP contribution in [-0.4, -0.2) is 24.0 Å². The Balaban J connectivity index is 2.34. The minimum atomic E-state index is -0.571. The molecule has 7 heteroatoms. The Kier molecular flexibility index (Phi) is 3.99. The molecule has 20 heavy (non-hydrogen) atoms. The molecule has 2 N–H and O–H groups in total. The van der Waals surface area contributed by atoms with Gasteiger partial charge in [-0.15, -0.1) is 11.3 Å². The Labute approximate surface area is 118 Å². The predicted molar refractivity (Wildman–Crippen MR) is 75.4 cm³/mol. The van der Waals surface area contributed by atoms with Crippen molar-refractivity contribution in [2.24, 2.45) is 0 Å². The number of hydrogen-bond acceptors (Lipinski definition) is 5. The van der Waals surface area contributed by atoms with E-state index in [9.17, 15) is 14.4 Å². The van der Waals surface area contributed by atoms with E-state index in [0.717, 1.165) is 5.56 Å². The Hall–Kier alpha value is -2.41. The highest BCUT2D eigenvalue weighted by molar-refractivity contribution is 7.12. The highest BCUT2D eigenvalue weighted by atomic mass is 32.1. The van der Waals surface area contributed by atoms with E-state index in [-0.39, 0.29) is 5.56 Å². The van der Waals surface area contributed by atoms with Crippen LogP contribution in [0.25, 0.3) is 0 Å². The zero-order valence-corrected chi connectivity index (χ0v) is 11.7. The van der Waals surface area contributed by atoms with Crippen molar-refractivity contribution in [1.29, 1.82) is 0 Å². The van der Waals surface area contributed by atoms with Gasteiger partial charge in [0.1, 0.15) is 10.4 Å². The molecule has 0 aliphatic heterocycles. The van der Waals surface area contributed by atoms with Gasteiger partial charge in [0, 0.05) is 6.20 Å². The highest BCUT2D eigenvalue weighted by Gasteiger charge is 2.20. The summed E-state index contributed by atoms with van der Waals surface area (Å²) in [6.45, 7) is 1.76. The van der Waals surface area contributed by atoms with Crippen molar-refractivity contribution in [3.05, 3.63) is 50.1 Å². The second-order valence-corrected chi connectivity index (χ2v) is 4.86. The molecule has 0 aliphatic rings. The molecule has 2 aromatic heterocycles. The Morgan fingerprint density at radius 1 is 1.40 bits per heavy atom. The summed E-state index contributed by atoms with van der Waals surface area (Å²) in [5.74, 6) is -1.10. The van der Waals surface area contributed by atoms with Gasteiger partial charge in [-0.05, 0) is 30.0 Å². The Morgan fingerprint density at radius 3 is 2.80 bits per heavy atom. The van der Waals surface area contributed by atoms with Gasteiger partial charge >= 0.3 is 5.97 Å². The van der Waals surface area contributed by atoms with Crippen LogP contribution in [0.15, 0.2) is 28.5 Å². The second kappa shape index (κ2) is 5.70. The number of aromatic amines is 1. The van der Waals surface area contributed by atoms with Gasteiger partial charge in [0.2, 0.25) is 0 Å². The topological polar surface area (TPSA) is 88.3 Å². The van der Waals surface area contributed by atoms with Gasteiger partial charge in [0.15, 0.2) is 0 Å². The van der Waals surface area contributed by atoms with Crippen LogP contribution in [0.4, 0.5) is 5.69 Å². The third-order valence-corrected chi connectivity index (χ3v) is 3.72. The fourth-order valence-electron chi connectivity index (χ4n) is 1.62. The van der Waals surface area contributed by atoms with Gasteiger partial charge in [-0.3, -0.25) is 9.59 Å². The molecule has 0 saturated heterocycles. The van der Waals surface area contributed by atoms with E-state index in [4.69, 9.17) is 0 Å². The minimum Gasteiger partial charge on any atom is -0.465 e. The monoisotopic (exact) mass is 292 g/mol. The lowest BCUT2D eigenvalue weighted by Crippen LogP contribution is -2.23. The highest BCUT2D eigenvalue weighted by Crippen LogP contribution is 2.28. The summed E-state index contributed by atoms with van der Waals surface area (Å²) < 4.78 is 4.65. The molecule has 0 radical (unpaired) electrons. The number of amides is 1. The second-order valence-electron chi connectivity index (χ2n) is 3.98. The van der Waals surface area contributed by atoms with Crippen molar-refractivity contribution in [2.75, 3.05) is 12.4 Å². The number of carbonyl (C=O) groups is 2. The van der Waals surface area contributed by atoms with Crippen LogP contribution in [0.2, 0.25) is 0 Å². The van der Waals surface area contributed by atoms with Crippen LogP contribution < -0.4 is 10.9 Å². The smallest absolute Gasteiger partial charge is 0.350 e. The summed E-state index contributed by atoms with van der Waals surface area (Å²) >= 11 is 1.18. The molecule has 2 heterocycles. The van der Waals surface area contributed by atoms with Gasteiger partial charge in [0.25, 0.3) is 11.5 Å². The maximum Gasteiger partial charge on any atom is 0.350 e. The van der Waals surface area contributed by atoms with Crippen molar-refractivity contribution < 1.29 is 14.3 Å². The zero-order valence-electron chi connectivity index (χ0n) is 10.9. The molecule has 0 fully saturated rings. The molecule has 0 bridgehead atoms. The number of rotatable bonds is 3. The maximum absolute atomic E-state index is 12.1. The van der Waals surface area contributed by atoms with Gasteiger partial charge in [0.05, 0.1) is 12.8 Å². The van der Waals surface area contributed by atoms with E-state index in [1.54, 1.807) is 18.4 Å². The SMILES string of the molecule is COC(=O)c1scc(C)c1NC(=O)c1ccc[nH]c1=O. The van der Waals surface area contributed by atoms with Gasteiger partial charge in [-0.1, -0.05) is 0 Å². The molecule has 104 valence electrons. The quantitative estimate of drug-likeness (QED) is 0.844. The number of anilines is 1. The summed E-state index contributed by atoms with van der Waals surface area (Å²) in [6, 6.07) is 2.96. The number of nitrogens with one attached hydrogen (secondary N) is 2. The molecule has 1 amide bonds. The average Bonchev–Trinajstić information content (AvgIpc) is 2.80. The Bertz CT molecular complexity index is 717. The van der Waals surface area contributed by atoms with Crippen molar-refractivity contribution in [3.8, 4) is 0 Å². The van der Waals surface area contributed by atoms with Crippen molar-refractivity contribution in [2.45, 2.75) is 6.92 Å². The normalized spacial score (nSPS) is 10.1. The van der Waals surface area contributed by atoms with Crippen LogP contribution >= 0.6 is 11.3 Å². The standard InChI is InChI=1S/C13H12N2O4S/c1-7-6-20-10(13(18)19-2)9(7)15-12(17)8-4-3-5-14-11(8)16/h3-6H,1-2H3,(H,14,16)(H,15,17). The summed E-state index contributed by atoms with van der Waals surface area (Å²) in [5, 5.41) is 4.32. The van der Waals surface area contributed by atoms with E-state index in [1.807, 2.05) is 0 Å². The largest absolute Gasteiger partial charge is 0.465 e. The molecule has 2 rings (SSSR count). The van der Waals surface area contributed by atoms with Gasteiger partial charge in [-0.25, -0.2) is 4.79 Å². The number of aryl methyl sites for hydroxylation is 1. The van der Waals surface area contributed by atoms with Gasteiger partial charge < -0.3 is 15.0 Å². The zero-order chi connectivity index (χ0) is 14.7. The predicted octanol–water partition coefficient (Wildman–Crippen LogP) is 1.78. The first-order chi connectivity index (χ1) is 9.54. The van der Waals surface area contributed by atoms with Crippen LogP contribution in [0.5, 0.6) is 0 Å². The molecule has 0 aliphatic carbocycles. The minimum absolute atomic E-state index is 0.0195. The summed E-state index contributed by atoms with van der Waals surface area (Å²) in [6.07, 6.45) is 1.44. The van der Waals surface area contributed by atoms with Crippen LogP contribution in [0.1, 0.15) is 25.6 Å². The van der Waals surface area contributed by atoms with E-state index < -0.39 is 17.4 Å². The third kappa shape index (κ3) is 2.62. The lowest BCUT2D eigenvalue weighted by Gasteiger charge is -2.06. The molecule has 0 unspecified atom stereocenters. The number of methoxy groups -OCH3 is 1. The number of thiophene rings is 1. The third-order valence-electron chi connectivity index (χ3n) is 2.65. The van der Waals surface area contributed by atoms with E-state index >= 15 is 0 Å². The summed E-state index contributed by atoms with van der Waals surface area (Å²) in [7, 11) is 1.27. The molecule has 2 aromatic rings. The maximum atomic E-state index is 12.1. The first-order valence-electron chi connectivity index (χ1n) is 5.70. The lowest BCUT2D eigenvalue weighted by atomic mass is 10.2. The number of aromatic nitrogens is 1. The van der Waals surface area contributed by atoms with Crippen LogP contribution in [-0.2, 0) is 4.74 Å². The van der Waals surface area contributed by atoms with E-state index in [2.05, 4.69) is 15.0 Å². The average molecular weight is 292 g/mol. The number of H-pyrrole nitrogens is 1. The van der Waals surface area contributed by atoms with Crippen LogP contribution in [0.3, 0.4) is 0 Å². The number of ether oxygens (including phenoxy) is 1. The number of carbonyl (C=O) groups excluding carboxylic acids is 2. The van der Waals surface area contributed by atoms with Gasteiger partial charge in [-0.2, -0.15) is 0 Å². The number of esters is 1. The van der Waals surface area contributed by atoms with Crippen molar-refractivity contribution in [1.82, 2.24) is 4.98 Å².